The Kier molecular flexibility index (Phi) is 31.7. The van der Waals surface area contributed by atoms with Crippen LogP contribution in [-0.2, 0) is 40.1 Å². The number of benzene rings is 6. The van der Waals surface area contributed by atoms with Crippen LogP contribution in [0.4, 0.5) is 82.5 Å². The number of aliphatic hydroxyl groups is 1. The van der Waals surface area contributed by atoms with Gasteiger partial charge in [0.1, 0.15) is 64.1 Å². The lowest BCUT2D eigenvalue weighted by Gasteiger charge is -2.15. The predicted octanol–water partition coefficient (Wildman–Crippen LogP) is 16.4. The molecule has 0 atom stereocenters. The second-order valence-corrected chi connectivity index (χ2v) is 43.0. The number of anilines is 8. The van der Waals surface area contributed by atoms with Crippen LogP contribution in [0.25, 0.3) is 65.8 Å². The highest BCUT2D eigenvalue weighted by atomic mass is 35.5. The number of carbonyl (C=O) groups excluding carboxylic acids is 4. The number of sulfonamides is 4. The Morgan fingerprint density at radius 3 is 1.11 bits per heavy atom. The molecule has 8 amide bonds. The second kappa shape index (κ2) is 43.1. The molecule has 16 aromatic rings. The Balaban J connectivity index is 0.000000155. The number of hydrogen-bond donors (Lipinski definition) is 13. The third kappa shape index (κ3) is 24.0. The van der Waals surface area contributed by atoms with E-state index in [2.05, 4.69) is 52.5 Å². The molecule has 716 valence electrons. The highest BCUT2D eigenvalue weighted by Crippen LogP contribution is 2.34. The zero-order valence-electron chi connectivity index (χ0n) is 71.3. The van der Waals surface area contributed by atoms with Crippen LogP contribution in [0, 0.1) is 30.2 Å². The highest BCUT2D eigenvalue weighted by Gasteiger charge is 2.27. The number of pyridine rings is 6. The van der Waals surface area contributed by atoms with Crippen molar-refractivity contribution >= 4 is 245 Å². The molecule has 0 saturated carbocycles. The lowest BCUT2D eigenvalue weighted by Crippen LogP contribution is -2.34. The number of thiophene rings is 4. The number of carbonyl (C=O) groups is 4. The number of nitrogens with zero attached hydrogens (tertiary/aromatic N) is 6. The summed E-state index contributed by atoms with van der Waals surface area (Å²) in [5.41, 5.74) is 1.74. The monoisotopic (exact) mass is 2110 g/mol. The lowest BCUT2D eigenvalue weighted by molar-refractivity contribution is 0.202. The van der Waals surface area contributed by atoms with E-state index in [0.717, 1.165) is 57.5 Å². The first kappa shape index (κ1) is 101. The number of aliphatic hydroxyl groups excluding tert-OH is 1. The molecule has 0 aliphatic rings. The fourth-order valence-electron chi connectivity index (χ4n) is 13.0. The molecule has 0 fully saturated rings. The molecule has 0 radical (unpaired) electrons. The van der Waals surface area contributed by atoms with Crippen molar-refractivity contribution in [1.82, 2.24) is 47.1 Å². The van der Waals surface area contributed by atoms with E-state index in [4.69, 9.17) is 51.1 Å². The topological polar surface area (TPSA) is 492 Å². The Labute approximate surface area is 815 Å². The minimum absolute atomic E-state index is 0.0502. The van der Waals surface area contributed by atoms with E-state index in [9.17, 15) is 94.7 Å². The van der Waals surface area contributed by atoms with Gasteiger partial charge in [0, 0.05) is 69.9 Å². The Morgan fingerprint density at radius 2 is 0.739 bits per heavy atom. The molecule has 10 aromatic heterocycles. The standard InChI is InChI=1S/C23H20ClFN4O6S2.C22H18ClFN4O4S2.C21H17ClFN5O4S2.C20H15ClFN5O4S2/c1-26-18-10-13-6-7-29(22(31)15(13)12-16(18)25)14-2-3-17(19(11-14)35-9-8-30)27-23(32)28-37(33,34)21-5-4-20(24)36-21;1-2-25-18-11-13-9-10-28(21(29)16(13)12-17(18)24)15-5-3-14(4-6-15)26-22(30)27-34(31,32)20-8-7-19(23)33-20;1-11-7-13(28-6-5-12-8-16(24-2)15(23)9-14(12)20(28)29)10-25-19(11)26-21(30)27-34(31,32)18-4-3-17(22)33-18;1-23-15-8-11-6-7-27(19(28)13(11)9-14(15)22)12-2-4-17(24-10-12)25-20(29)26-33(30,31)18-5-3-16(21)32-18/h2-7,10-12,26,30H,8-9H2,1H3,(H2,27,28,32);3-12,25H,2H2,1H3,(H2,26,27,30);3-10,24H,1-2H3,(H2,25,26,27,30);2-10,23H,1H3,(H2,24,25,26,29). The molecule has 0 unspecified atom stereocenters. The van der Waals surface area contributed by atoms with Crippen molar-refractivity contribution in [3.8, 4) is 28.5 Å². The van der Waals surface area contributed by atoms with Crippen LogP contribution in [0.3, 0.4) is 0 Å². The van der Waals surface area contributed by atoms with Crippen molar-refractivity contribution in [3.63, 3.8) is 0 Å². The fraction of sp³-hybridized carbons (Fsp3) is 0.0930. The van der Waals surface area contributed by atoms with Crippen molar-refractivity contribution in [1.29, 1.82) is 0 Å². The van der Waals surface area contributed by atoms with Crippen LogP contribution in [0.5, 0.6) is 5.75 Å². The van der Waals surface area contributed by atoms with Crippen LogP contribution >= 0.6 is 91.8 Å². The van der Waals surface area contributed by atoms with Gasteiger partial charge in [-0.15, -0.1) is 45.3 Å². The molecule has 0 bridgehead atoms. The summed E-state index contributed by atoms with van der Waals surface area (Å²) in [7, 11) is -11.7. The summed E-state index contributed by atoms with van der Waals surface area (Å²) < 4.78 is 174. The van der Waals surface area contributed by atoms with E-state index >= 15 is 0 Å². The van der Waals surface area contributed by atoms with Gasteiger partial charge < -0.3 is 41.7 Å². The van der Waals surface area contributed by atoms with Crippen molar-refractivity contribution < 1.29 is 80.3 Å². The maximum atomic E-state index is 14.3. The van der Waals surface area contributed by atoms with Gasteiger partial charge in [0.05, 0.1) is 103 Å². The summed E-state index contributed by atoms with van der Waals surface area (Å²) in [5.74, 6) is -2.00. The maximum Gasteiger partial charge on any atom is 0.334 e. The number of halogens is 8. The van der Waals surface area contributed by atoms with Crippen LogP contribution < -0.4 is 88.4 Å². The number of aromatic nitrogens is 6. The molecule has 16 rings (SSSR count). The number of aryl methyl sites for hydroxylation is 1. The third-order valence-electron chi connectivity index (χ3n) is 19.4. The quantitative estimate of drug-likeness (QED) is 0.0250. The van der Waals surface area contributed by atoms with Gasteiger partial charge >= 0.3 is 24.1 Å². The molecule has 6 aromatic carbocycles. The number of fused-ring (bicyclic) bond motifs is 4. The Hall–Kier alpha value is -14.0. The van der Waals surface area contributed by atoms with Crippen molar-refractivity contribution in [2.75, 3.05) is 83.4 Å². The van der Waals surface area contributed by atoms with Crippen LogP contribution in [-0.4, -0.2) is 132 Å². The largest absolute Gasteiger partial charge is 0.489 e. The minimum Gasteiger partial charge on any atom is -0.489 e. The van der Waals surface area contributed by atoms with E-state index in [1.54, 1.807) is 94.9 Å². The Bertz CT molecular complexity index is 8240. The molecule has 36 nitrogen and oxygen atoms in total. The molecule has 13 N–H and O–H groups in total. The molecule has 52 heteroatoms. The van der Waals surface area contributed by atoms with Crippen molar-refractivity contribution in [2.24, 2.45) is 0 Å². The summed E-state index contributed by atoms with van der Waals surface area (Å²) in [6, 6.07) is 39.2. The molecule has 0 spiro atoms. The number of nitrogens with one attached hydrogen (secondary N) is 12. The summed E-state index contributed by atoms with van der Waals surface area (Å²) in [6.07, 6.45) is 8.79. The van der Waals surface area contributed by atoms with E-state index in [-0.39, 0.29) is 109 Å². The molecular weight excluding hydrogens is 2050 g/mol. The van der Waals surface area contributed by atoms with Crippen molar-refractivity contribution in [2.45, 2.75) is 30.7 Å². The summed E-state index contributed by atoms with van der Waals surface area (Å²) >= 11 is 26.2. The average molecular weight is 2120 g/mol. The summed E-state index contributed by atoms with van der Waals surface area (Å²) in [5, 5.41) is 32.8. The third-order valence-corrected chi connectivity index (χ3v) is 31.6. The zero-order chi connectivity index (χ0) is 99.6. The molecule has 0 aliphatic heterocycles. The van der Waals surface area contributed by atoms with Crippen LogP contribution in [0.2, 0.25) is 17.3 Å². The number of hydrogen-bond acceptors (Lipinski definition) is 28. The summed E-state index contributed by atoms with van der Waals surface area (Å²) in [4.78, 5) is 109. The number of ether oxygens (including phenoxy) is 1. The van der Waals surface area contributed by atoms with Gasteiger partial charge in [-0.05, 0) is 217 Å². The van der Waals surface area contributed by atoms with Gasteiger partial charge in [0.15, 0.2) is 0 Å². The van der Waals surface area contributed by atoms with Crippen LogP contribution in [0.1, 0.15) is 12.5 Å². The first-order valence-electron chi connectivity index (χ1n) is 39.5. The summed E-state index contributed by atoms with van der Waals surface area (Å²) in [6.45, 7) is 3.54. The molecular formula is C86H70Cl4F4N18O18S8. The van der Waals surface area contributed by atoms with Crippen LogP contribution in [0.15, 0.2) is 255 Å². The lowest BCUT2D eigenvalue weighted by atomic mass is 10.1. The minimum atomic E-state index is -4.16. The van der Waals surface area contributed by atoms with Gasteiger partial charge in [-0.3, -0.25) is 48.1 Å². The molecule has 0 aliphatic carbocycles. The van der Waals surface area contributed by atoms with E-state index in [0.29, 0.717) is 67.8 Å². The predicted molar refractivity (Wildman–Crippen MR) is 528 cm³/mol. The number of amides is 8. The fourth-order valence-corrected chi connectivity index (χ4v) is 22.5. The molecule has 10 heterocycles. The highest BCUT2D eigenvalue weighted by molar-refractivity contribution is 7.93. The maximum absolute atomic E-state index is 14.3. The van der Waals surface area contributed by atoms with Gasteiger partial charge in [-0.25, -0.2) is 99.3 Å². The van der Waals surface area contributed by atoms with E-state index in [1.165, 1.54) is 158 Å². The molecule has 138 heavy (non-hydrogen) atoms. The van der Waals surface area contributed by atoms with E-state index in [1.807, 2.05) is 25.8 Å². The Morgan fingerprint density at radius 1 is 0.391 bits per heavy atom. The zero-order valence-corrected chi connectivity index (χ0v) is 80.8. The van der Waals surface area contributed by atoms with Gasteiger partial charge in [0.2, 0.25) is 0 Å². The van der Waals surface area contributed by atoms with Gasteiger partial charge in [-0.1, -0.05) is 46.4 Å². The number of rotatable bonds is 24. The smallest absolute Gasteiger partial charge is 0.334 e. The molecule has 0 saturated heterocycles. The normalized spacial score (nSPS) is 11.4. The number of urea groups is 4. The second-order valence-electron chi connectivity index (χ2n) is 28.5. The first-order valence-corrected chi connectivity index (χ1v) is 50.2. The van der Waals surface area contributed by atoms with Gasteiger partial charge in [-0.2, -0.15) is 0 Å². The van der Waals surface area contributed by atoms with Gasteiger partial charge in [0.25, 0.3) is 62.3 Å². The average Bonchev–Trinajstić information content (AvgIpc) is 1.42. The first-order chi connectivity index (χ1) is 65.6. The van der Waals surface area contributed by atoms with Crippen molar-refractivity contribution in [3.05, 3.63) is 307 Å². The SMILES string of the molecule is CCNc1cc2ccn(-c3ccc(NC(=O)NS(=O)(=O)c4ccc(Cl)s4)cc3)c(=O)c2cc1F.CNc1cc2ccn(-c3ccc(NC(=O)NS(=O)(=O)c4ccc(Cl)s4)c(OCCO)c3)c(=O)c2cc1F.CNc1cc2ccn(-c3ccc(NC(=O)NS(=O)(=O)c4ccc(Cl)s4)nc3)c(=O)c2cc1F.CNc1cc2ccn(-c3cnc(NC(=O)NS(=O)(=O)c4ccc(Cl)s4)c(C)c3)c(=O)c2cc1F. The van der Waals surface area contributed by atoms with E-state index < -0.39 is 110 Å².